The largest absolute Gasteiger partial charge is 0.312 e. The van der Waals surface area contributed by atoms with Crippen LogP contribution in [0, 0.1) is 13.8 Å². The molecule has 90 valence electrons. The summed E-state index contributed by atoms with van der Waals surface area (Å²) in [5.74, 6) is 0. The van der Waals surface area contributed by atoms with Crippen LogP contribution in [-0.2, 0) is 0 Å². The molecule has 18 heavy (non-hydrogen) atoms. The van der Waals surface area contributed by atoms with E-state index in [0.29, 0.717) is 0 Å². The number of hydrogen-bond donors (Lipinski definition) is 0. The van der Waals surface area contributed by atoms with Gasteiger partial charge in [-0.1, -0.05) is 15.9 Å². The van der Waals surface area contributed by atoms with E-state index < -0.39 is 0 Å². The molecule has 0 atom stereocenters. The van der Waals surface area contributed by atoms with Gasteiger partial charge < -0.3 is 4.57 Å². The van der Waals surface area contributed by atoms with Crippen molar-refractivity contribution in [3.63, 3.8) is 0 Å². The van der Waals surface area contributed by atoms with Crippen molar-refractivity contribution in [2.45, 2.75) is 13.8 Å². The van der Waals surface area contributed by atoms with Crippen LogP contribution in [0.5, 0.6) is 0 Å². The Morgan fingerprint density at radius 2 is 2.00 bits per heavy atom. The summed E-state index contributed by atoms with van der Waals surface area (Å²) in [5.41, 5.74) is 4.91. The van der Waals surface area contributed by atoms with Crippen LogP contribution in [0.4, 0.5) is 0 Å². The standard InChI is InChI=1S/C15H13BrN2/c1-10-11(2)18(13-4-3-7-17-9-13)15-6-5-12(16)8-14(10)15/h3-9H,1-2H3. The topological polar surface area (TPSA) is 17.8 Å². The smallest absolute Gasteiger partial charge is 0.0641 e. The van der Waals surface area contributed by atoms with E-state index in [1.54, 1.807) is 6.20 Å². The first-order valence-electron chi connectivity index (χ1n) is 5.86. The van der Waals surface area contributed by atoms with Crippen LogP contribution in [0.2, 0.25) is 0 Å². The molecule has 0 bridgehead atoms. The molecule has 0 unspecified atom stereocenters. The summed E-state index contributed by atoms with van der Waals surface area (Å²) in [4.78, 5) is 4.21. The Balaban J connectivity index is 2.40. The highest BCUT2D eigenvalue weighted by molar-refractivity contribution is 9.10. The molecule has 0 aliphatic carbocycles. The SMILES string of the molecule is Cc1c(C)n(-c2cccnc2)c2ccc(Br)cc12. The molecule has 0 fully saturated rings. The van der Waals surface area contributed by atoms with Crippen LogP contribution in [-0.4, -0.2) is 9.55 Å². The maximum atomic E-state index is 4.21. The van der Waals surface area contributed by atoms with Crippen LogP contribution < -0.4 is 0 Å². The van der Waals surface area contributed by atoms with Crippen molar-refractivity contribution in [3.8, 4) is 5.69 Å². The molecule has 2 heterocycles. The number of nitrogens with zero attached hydrogens (tertiary/aromatic N) is 2. The van der Waals surface area contributed by atoms with E-state index >= 15 is 0 Å². The summed E-state index contributed by atoms with van der Waals surface area (Å²) >= 11 is 3.54. The van der Waals surface area contributed by atoms with Crippen molar-refractivity contribution in [2.24, 2.45) is 0 Å². The lowest BCUT2D eigenvalue weighted by molar-refractivity contribution is 1.02. The number of halogens is 1. The number of fused-ring (bicyclic) bond motifs is 1. The fourth-order valence-electron chi connectivity index (χ4n) is 2.37. The maximum absolute atomic E-state index is 4.21. The van der Waals surface area contributed by atoms with Gasteiger partial charge in [0.1, 0.15) is 0 Å². The highest BCUT2D eigenvalue weighted by atomic mass is 79.9. The summed E-state index contributed by atoms with van der Waals surface area (Å²) in [5, 5.41) is 1.28. The van der Waals surface area contributed by atoms with Gasteiger partial charge in [0.25, 0.3) is 0 Å². The van der Waals surface area contributed by atoms with Gasteiger partial charge in [0.15, 0.2) is 0 Å². The minimum Gasteiger partial charge on any atom is -0.312 e. The Labute approximate surface area is 114 Å². The van der Waals surface area contributed by atoms with Crippen molar-refractivity contribution >= 4 is 26.8 Å². The molecular weight excluding hydrogens is 288 g/mol. The monoisotopic (exact) mass is 300 g/mol. The van der Waals surface area contributed by atoms with Gasteiger partial charge in [-0.05, 0) is 49.7 Å². The van der Waals surface area contributed by atoms with E-state index in [1.807, 2.05) is 12.3 Å². The lowest BCUT2D eigenvalue weighted by atomic mass is 10.2. The molecule has 2 nitrogen and oxygen atoms in total. The molecule has 0 spiro atoms. The van der Waals surface area contributed by atoms with E-state index in [9.17, 15) is 0 Å². The zero-order valence-electron chi connectivity index (χ0n) is 10.3. The third kappa shape index (κ3) is 1.66. The van der Waals surface area contributed by atoms with E-state index in [0.717, 1.165) is 10.2 Å². The highest BCUT2D eigenvalue weighted by Crippen LogP contribution is 2.30. The van der Waals surface area contributed by atoms with Crippen LogP contribution in [0.1, 0.15) is 11.3 Å². The second-order valence-corrected chi connectivity index (χ2v) is 5.33. The molecule has 0 radical (unpaired) electrons. The number of hydrogen-bond acceptors (Lipinski definition) is 1. The molecule has 0 amide bonds. The van der Waals surface area contributed by atoms with Crippen LogP contribution in [0.3, 0.4) is 0 Å². The van der Waals surface area contributed by atoms with Crippen molar-refractivity contribution in [1.82, 2.24) is 9.55 Å². The summed E-state index contributed by atoms with van der Waals surface area (Å²) in [7, 11) is 0. The van der Waals surface area contributed by atoms with Crippen molar-refractivity contribution in [1.29, 1.82) is 0 Å². The zero-order chi connectivity index (χ0) is 12.7. The number of aromatic nitrogens is 2. The average molecular weight is 301 g/mol. The van der Waals surface area contributed by atoms with Gasteiger partial charge in [-0.3, -0.25) is 4.98 Å². The molecule has 0 saturated carbocycles. The molecule has 0 N–H and O–H groups in total. The Bertz CT molecular complexity index is 714. The number of pyridine rings is 1. The Morgan fingerprint density at radius 3 is 2.72 bits per heavy atom. The quantitative estimate of drug-likeness (QED) is 0.651. The van der Waals surface area contributed by atoms with Crippen LogP contribution >= 0.6 is 15.9 Å². The molecule has 2 aromatic heterocycles. The zero-order valence-corrected chi connectivity index (χ0v) is 11.9. The molecule has 0 aliphatic rings. The molecule has 1 aromatic carbocycles. The fourth-order valence-corrected chi connectivity index (χ4v) is 2.73. The molecule has 0 aliphatic heterocycles. The third-order valence-electron chi connectivity index (χ3n) is 3.39. The first-order valence-corrected chi connectivity index (χ1v) is 6.65. The van der Waals surface area contributed by atoms with Crippen molar-refractivity contribution in [3.05, 3.63) is 58.5 Å². The minimum absolute atomic E-state index is 1.11. The van der Waals surface area contributed by atoms with Gasteiger partial charge in [-0.2, -0.15) is 0 Å². The van der Waals surface area contributed by atoms with Crippen molar-refractivity contribution in [2.75, 3.05) is 0 Å². The first-order chi connectivity index (χ1) is 8.68. The van der Waals surface area contributed by atoms with Gasteiger partial charge in [-0.25, -0.2) is 0 Å². The lowest BCUT2D eigenvalue weighted by Crippen LogP contribution is -1.96. The fraction of sp³-hybridized carbons (Fsp3) is 0.133. The summed E-state index contributed by atoms with van der Waals surface area (Å²) < 4.78 is 3.37. The highest BCUT2D eigenvalue weighted by Gasteiger charge is 2.12. The number of benzene rings is 1. The van der Waals surface area contributed by atoms with E-state index in [2.05, 4.69) is 63.6 Å². The van der Waals surface area contributed by atoms with Gasteiger partial charge >= 0.3 is 0 Å². The predicted octanol–water partition coefficient (Wildman–Crippen LogP) is 4.40. The third-order valence-corrected chi connectivity index (χ3v) is 3.88. The van der Waals surface area contributed by atoms with Crippen molar-refractivity contribution < 1.29 is 0 Å². The van der Waals surface area contributed by atoms with Crippen LogP contribution in [0.25, 0.3) is 16.6 Å². The Kier molecular flexibility index (Phi) is 2.71. The van der Waals surface area contributed by atoms with E-state index in [4.69, 9.17) is 0 Å². The molecule has 0 saturated heterocycles. The Hall–Kier alpha value is -1.61. The first kappa shape index (κ1) is 11.5. The molecule has 3 rings (SSSR count). The Morgan fingerprint density at radius 1 is 1.17 bits per heavy atom. The lowest BCUT2D eigenvalue weighted by Gasteiger charge is -2.07. The van der Waals surface area contributed by atoms with Gasteiger partial charge in [0.2, 0.25) is 0 Å². The normalized spacial score (nSPS) is 11.1. The summed E-state index contributed by atoms with van der Waals surface area (Å²) in [6, 6.07) is 10.4. The molecule has 3 aromatic rings. The average Bonchev–Trinajstić information content (AvgIpc) is 2.64. The summed E-state index contributed by atoms with van der Waals surface area (Å²) in [6.45, 7) is 4.31. The van der Waals surface area contributed by atoms with Crippen LogP contribution in [0.15, 0.2) is 47.2 Å². The number of rotatable bonds is 1. The number of aryl methyl sites for hydroxylation is 1. The van der Waals surface area contributed by atoms with E-state index in [1.165, 1.54) is 22.2 Å². The second kappa shape index (κ2) is 4.25. The van der Waals surface area contributed by atoms with Gasteiger partial charge in [0, 0.05) is 21.7 Å². The second-order valence-electron chi connectivity index (χ2n) is 4.42. The minimum atomic E-state index is 1.11. The maximum Gasteiger partial charge on any atom is 0.0641 e. The molecular formula is C15H13BrN2. The molecule has 3 heteroatoms. The van der Waals surface area contributed by atoms with E-state index in [-0.39, 0.29) is 0 Å². The van der Waals surface area contributed by atoms with Gasteiger partial charge in [-0.15, -0.1) is 0 Å². The predicted molar refractivity (Wildman–Crippen MR) is 78.2 cm³/mol. The summed E-state index contributed by atoms with van der Waals surface area (Å²) in [6.07, 6.45) is 3.70. The van der Waals surface area contributed by atoms with Gasteiger partial charge in [0.05, 0.1) is 17.4 Å².